The topological polar surface area (TPSA) is 56.8 Å². The first-order valence-corrected chi connectivity index (χ1v) is 8.36. The molecule has 5 nitrogen and oxygen atoms in total. The van der Waals surface area contributed by atoms with Crippen molar-refractivity contribution >= 4 is 23.2 Å². The van der Waals surface area contributed by atoms with Gasteiger partial charge in [0.2, 0.25) is 0 Å². The van der Waals surface area contributed by atoms with Crippen LogP contribution < -0.4 is 14.8 Å². The SMILES string of the molecule is COCCOc1cccc(NC(=O)c2cc(Cl)ccc2OC(C)C)c1. The quantitative estimate of drug-likeness (QED) is 0.706. The third-order valence-corrected chi connectivity index (χ3v) is 3.43. The Morgan fingerprint density at radius 3 is 2.68 bits per heavy atom. The molecule has 2 rings (SSSR count). The third-order valence-electron chi connectivity index (χ3n) is 3.20. The summed E-state index contributed by atoms with van der Waals surface area (Å²) in [6.45, 7) is 4.73. The molecule has 1 amide bonds. The highest BCUT2D eigenvalue weighted by atomic mass is 35.5. The Hall–Kier alpha value is -2.24. The molecule has 0 spiro atoms. The lowest BCUT2D eigenvalue weighted by Gasteiger charge is -2.15. The third kappa shape index (κ3) is 5.96. The van der Waals surface area contributed by atoms with E-state index in [1.165, 1.54) is 0 Å². The number of halogens is 1. The van der Waals surface area contributed by atoms with E-state index in [0.717, 1.165) is 0 Å². The van der Waals surface area contributed by atoms with Crippen LogP contribution in [0.5, 0.6) is 11.5 Å². The van der Waals surface area contributed by atoms with Gasteiger partial charge >= 0.3 is 0 Å². The molecular formula is C19H22ClNO4. The summed E-state index contributed by atoms with van der Waals surface area (Å²) in [4.78, 5) is 12.6. The van der Waals surface area contributed by atoms with Crippen LogP contribution in [0.3, 0.4) is 0 Å². The van der Waals surface area contributed by atoms with Crippen molar-refractivity contribution in [2.24, 2.45) is 0 Å². The minimum Gasteiger partial charge on any atom is -0.491 e. The standard InChI is InChI=1S/C19H22ClNO4/c1-13(2)25-18-8-7-14(20)11-17(18)19(22)21-15-5-4-6-16(12-15)24-10-9-23-3/h4-8,11-13H,9-10H2,1-3H3,(H,21,22). The van der Waals surface area contributed by atoms with Gasteiger partial charge < -0.3 is 19.5 Å². The van der Waals surface area contributed by atoms with Gasteiger partial charge in [-0.25, -0.2) is 0 Å². The highest BCUT2D eigenvalue weighted by Crippen LogP contribution is 2.26. The number of ether oxygens (including phenoxy) is 3. The van der Waals surface area contributed by atoms with Crippen LogP contribution in [0.4, 0.5) is 5.69 Å². The first-order chi connectivity index (χ1) is 12.0. The van der Waals surface area contributed by atoms with Crippen molar-refractivity contribution < 1.29 is 19.0 Å². The van der Waals surface area contributed by atoms with Gasteiger partial charge in [0, 0.05) is 23.9 Å². The fourth-order valence-corrected chi connectivity index (χ4v) is 2.31. The number of carbonyl (C=O) groups is 1. The average Bonchev–Trinajstić information content (AvgIpc) is 2.56. The van der Waals surface area contributed by atoms with Crippen LogP contribution in [0, 0.1) is 0 Å². The van der Waals surface area contributed by atoms with Crippen LogP contribution in [-0.2, 0) is 4.74 Å². The monoisotopic (exact) mass is 363 g/mol. The molecule has 0 aliphatic rings. The van der Waals surface area contributed by atoms with E-state index in [9.17, 15) is 4.79 Å². The Balaban J connectivity index is 2.14. The second kappa shape index (κ2) is 9.30. The van der Waals surface area contributed by atoms with Crippen LogP contribution >= 0.6 is 11.6 Å². The Kier molecular flexibility index (Phi) is 7.10. The highest BCUT2D eigenvalue weighted by Gasteiger charge is 2.15. The van der Waals surface area contributed by atoms with Crippen LogP contribution in [0.25, 0.3) is 0 Å². The van der Waals surface area contributed by atoms with Crippen LogP contribution in [0.1, 0.15) is 24.2 Å². The lowest BCUT2D eigenvalue weighted by Crippen LogP contribution is -2.16. The van der Waals surface area contributed by atoms with Crippen molar-refractivity contribution in [1.82, 2.24) is 0 Å². The maximum absolute atomic E-state index is 12.6. The first kappa shape index (κ1) is 19.1. The number of anilines is 1. The molecule has 0 atom stereocenters. The molecule has 1 N–H and O–H groups in total. The molecule has 0 fully saturated rings. The van der Waals surface area contributed by atoms with E-state index < -0.39 is 0 Å². The van der Waals surface area contributed by atoms with Crippen LogP contribution in [-0.4, -0.2) is 32.3 Å². The Labute approximate surface area is 152 Å². The summed E-state index contributed by atoms with van der Waals surface area (Å²) < 4.78 is 16.2. The summed E-state index contributed by atoms with van der Waals surface area (Å²) in [5.41, 5.74) is 1.00. The zero-order valence-electron chi connectivity index (χ0n) is 14.5. The largest absolute Gasteiger partial charge is 0.491 e. The average molecular weight is 364 g/mol. The zero-order valence-corrected chi connectivity index (χ0v) is 15.3. The lowest BCUT2D eigenvalue weighted by molar-refractivity contribution is 0.102. The molecule has 0 saturated heterocycles. The summed E-state index contributed by atoms with van der Waals surface area (Å²) in [7, 11) is 1.61. The van der Waals surface area contributed by atoms with E-state index in [0.29, 0.717) is 41.0 Å². The molecule has 0 bridgehead atoms. The van der Waals surface area contributed by atoms with Gasteiger partial charge in [-0.1, -0.05) is 17.7 Å². The van der Waals surface area contributed by atoms with Gasteiger partial charge in [0.15, 0.2) is 0 Å². The second-order valence-corrected chi connectivity index (χ2v) is 6.07. The lowest BCUT2D eigenvalue weighted by atomic mass is 10.1. The van der Waals surface area contributed by atoms with Gasteiger partial charge in [-0.2, -0.15) is 0 Å². The first-order valence-electron chi connectivity index (χ1n) is 7.99. The summed E-state index contributed by atoms with van der Waals surface area (Å²) in [5.74, 6) is 0.844. The van der Waals surface area contributed by atoms with E-state index in [2.05, 4.69) is 5.32 Å². The van der Waals surface area contributed by atoms with Crippen molar-refractivity contribution in [3.05, 3.63) is 53.1 Å². The van der Waals surface area contributed by atoms with Gasteiger partial charge in [-0.05, 0) is 44.2 Å². The fourth-order valence-electron chi connectivity index (χ4n) is 2.14. The summed E-state index contributed by atoms with van der Waals surface area (Å²) in [6.07, 6.45) is -0.0507. The summed E-state index contributed by atoms with van der Waals surface area (Å²) in [5, 5.41) is 3.31. The van der Waals surface area contributed by atoms with E-state index in [4.69, 9.17) is 25.8 Å². The molecule has 0 heterocycles. The summed E-state index contributed by atoms with van der Waals surface area (Å²) in [6, 6.07) is 12.1. The predicted octanol–water partition coefficient (Wildman–Crippen LogP) is 4.40. The maximum atomic E-state index is 12.6. The van der Waals surface area contributed by atoms with Gasteiger partial charge in [-0.3, -0.25) is 4.79 Å². The molecule has 0 aromatic heterocycles. The van der Waals surface area contributed by atoms with E-state index in [-0.39, 0.29) is 12.0 Å². The molecule has 0 saturated carbocycles. The van der Waals surface area contributed by atoms with Gasteiger partial charge in [0.1, 0.15) is 18.1 Å². The Morgan fingerprint density at radius 1 is 1.16 bits per heavy atom. The van der Waals surface area contributed by atoms with E-state index in [1.807, 2.05) is 19.9 Å². The molecule has 134 valence electrons. The van der Waals surface area contributed by atoms with Crippen molar-refractivity contribution in [3.8, 4) is 11.5 Å². The molecule has 25 heavy (non-hydrogen) atoms. The normalized spacial score (nSPS) is 10.6. The maximum Gasteiger partial charge on any atom is 0.259 e. The highest BCUT2D eigenvalue weighted by molar-refractivity contribution is 6.31. The molecule has 6 heteroatoms. The number of hydrogen-bond donors (Lipinski definition) is 1. The molecular weight excluding hydrogens is 342 g/mol. The number of methoxy groups -OCH3 is 1. The molecule has 0 unspecified atom stereocenters. The molecule has 2 aromatic carbocycles. The minimum atomic E-state index is -0.299. The molecule has 0 aliphatic heterocycles. The van der Waals surface area contributed by atoms with Crippen molar-refractivity contribution in [3.63, 3.8) is 0 Å². The molecule has 0 aliphatic carbocycles. The van der Waals surface area contributed by atoms with Crippen molar-refractivity contribution in [1.29, 1.82) is 0 Å². The fraction of sp³-hybridized carbons (Fsp3) is 0.316. The van der Waals surface area contributed by atoms with Crippen molar-refractivity contribution in [2.75, 3.05) is 25.6 Å². The summed E-state index contributed by atoms with van der Waals surface area (Å²) >= 11 is 6.03. The van der Waals surface area contributed by atoms with Crippen LogP contribution in [0.2, 0.25) is 5.02 Å². The second-order valence-electron chi connectivity index (χ2n) is 5.63. The Bertz CT molecular complexity index is 718. The minimum absolute atomic E-state index is 0.0507. The number of benzene rings is 2. The molecule has 0 radical (unpaired) electrons. The Morgan fingerprint density at radius 2 is 1.96 bits per heavy atom. The number of hydrogen-bond acceptors (Lipinski definition) is 4. The van der Waals surface area contributed by atoms with Crippen LogP contribution in [0.15, 0.2) is 42.5 Å². The number of amides is 1. The number of carbonyl (C=O) groups excluding carboxylic acids is 1. The molecule has 2 aromatic rings. The van der Waals surface area contributed by atoms with Gasteiger partial charge in [0.05, 0.1) is 18.3 Å². The number of nitrogens with one attached hydrogen (secondary N) is 1. The van der Waals surface area contributed by atoms with Gasteiger partial charge in [-0.15, -0.1) is 0 Å². The number of rotatable bonds is 8. The van der Waals surface area contributed by atoms with Gasteiger partial charge in [0.25, 0.3) is 5.91 Å². The smallest absolute Gasteiger partial charge is 0.259 e. The van der Waals surface area contributed by atoms with E-state index in [1.54, 1.807) is 43.5 Å². The zero-order chi connectivity index (χ0) is 18.2. The predicted molar refractivity (Wildman–Crippen MR) is 99.0 cm³/mol. The van der Waals surface area contributed by atoms with Crippen molar-refractivity contribution in [2.45, 2.75) is 20.0 Å². The van der Waals surface area contributed by atoms with E-state index >= 15 is 0 Å².